The summed E-state index contributed by atoms with van der Waals surface area (Å²) in [4.78, 5) is 16.3. The van der Waals surface area contributed by atoms with Crippen molar-refractivity contribution in [2.75, 3.05) is 26.2 Å². The number of likely N-dealkylation sites (tertiary alicyclic amines) is 2. The number of piperidine rings is 1. The average molecular weight is 413 g/mol. The monoisotopic (exact) mass is 412 g/mol. The summed E-state index contributed by atoms with van der Waals surface area (Å²) >= 11 is 3.25. The van der Waals surface area contributed by atoms with Crippen molar-refractivity contribution in [2.45, 2.75) is 45.8 Å². The fraction of sp³-hybridized carbons (Fsp3) is 0.632. The molecule has 6 heteroatoms. The molecule has 2 aliphatic heterocycles. The number of carbonyl (C=O) groups is 1. The molecule has 2 aliphatic rings. The lowest BCUT2D eigenvalue weighted by Crippen LogP contribution is -2.62. The first kappa shape index (κ1) is 18.6. The Bertz CT molecular complexity index is 643. The van der Waals surface area contributed by atoms with Crippen LogP contribution in [0.5, 0.6) is 0 Å². The smallest absolute Gasteiger partial charge is 0.410 e. The molecule has 1 spiro atoms. The van der Waals surface area contributed by atoms with Gasteiger partial charge in [0.1, 0.15) is 11.4 Å². The molecule has 0 saturated carbocycles. The second kappa shape index (κ2) is 6.88. The fourth-order valence-corrected chi connectivity index (χ4v) is 4.04. The lowest BCUT2D eigenvalue weighted by atomic mass is 9.72. The highest BCUT2D eigenvalue weighted by molar-refractivity contribution is 9.10. The van der Waals surface area contributed by atoms with E-state index in [9.17, 15) is 9.18 Å². The van der Waals surface area contributed by atoms with Crippen LogP contribution >= 0.6 is 15.9 Å². The van der Waals surface area contributed by atoms with Crippen molar-refractivity contribution in [3.63, 3.8) is 0 Å². The minimum Gasteiger partial charge on any atom is -0.444 e. The number of nitrogens with zero attached hydrogens (tertiary/aromatic N) is 2. The zero-order valence-corrected chi connectivity index (χ0v) is 16.7. The molecule has 3 rings (SSSR count). The SMILES string of the molecule is CC(C)(C)OC(=O)N1CC2(CCN(Cc3ccc(F)c(Br)c3)CC2)C1. The molecule has 2 saturated heterocycles. The molecule has 4 nitrogen and oxygen atoms in total. The van der Waals surface area contributed by atoms with Crippen molar-refractivity contribution in [1.29, 1.82) is 0 Å². The molecule has 0 aliphatic carbocycles. The van der Waals surface area contributed by atoms with Crippen LogP contribution in [-0.4, -0.2) is 47.7 Å². The van der Waals surface area contributed by atoms with E-state index in [0.29, 0.717) is 4.47 Å². The molecule has 1 amide bonds. The van der Waals surface area contributed by atoms with Gasteiger partial charge in [-0.2, -0.15) is 0 Å². The normalized spacial score (nSPS) is 20.4. The van der Waals surface area contributed by atoms with Crippen LogP contribution in [0.1, 0.15) is 39.2 Å². The number of rotatable bonds is 2. The Morgan fingerprint density at radius 2 is 1.92 bits per heavy atom. The fourth-order valence-electron chi connectivity index (χ4n) is 3.62. The largest absolute Gasteiger partial charge is 0.444 e. The molecule has 0 atom stereocenters. The van der Waals surface area contributed by atoms with Crippen LogP contribution in [0.3, 0.4) is 0 Å². The van der Waals surface area contributed by atoms with Crippen LogP contribution in [-0.2, 0) is 11.3 Å². The summed E-state index contributed by atoms with van der Waals surface area (Å²) in [6.07, 6.45) is 1.99. The lowest BCUT2D eigenvalue weighted by Gasteiger charge is -2.53. The van der Waals surface area contributed by atoms with Gasteiger partial charge in [-0.25, -0.2) is 9.18 Å². The highest BCUT2D eigenvalue weighted by atomic mass is 79.9. The molecule has 138 valence electrons. The summed E-state index contributed by atoms with van der Waals surface area (Å²) in [6, 6.07) is 5.21. The standard InChI is InChI=1S/C19H26BrFN2O2/c1-18(2,3)25-17(24)23-12-19(13-23)6-8-22(9-7-19)11-14-4-5-16(21)15(20)10-14/h4-5,10H,6-9,11-13H2,1-3H3. The van der Waals surface area contributed by atoms with E-state index in [0.717, 1.165) is 51.1 Å². The molecule has 0 bridgehead atoms. The molecule has 2 heterocycles. The predicted molar refractivity (Wildman–Crippen MR) is 98.9 cm³/mol. The van der Waals surface area contributed by atoms with E-state index in [1.54, 1.807) is 0 Å². The van der Waals surface area contributed by atoms with E-state index in [4.69, 9.17) is 4.74 Å². The highest BCUT2D eigenvalue weighted by Crippen LogP contribution is 2.41. The van der Waals surface area contributed by atoms with Crippen LogP contribution in [0.2, 0.25) is 0 Å². The van der Waals surface area contributed by atoms with Gasteiger partial charge in [-0.3, -0.25) is 4.90 Å². The quantitative estimate of drug-likeness (QED) is 0.720. The van der Waals surface area contributed by atoms with Crippen molar-refractivity contribution in [2.24, 2.45) is 5.41 Å². The lowest BCUT2D eigenvalue weighted by molar-refractivity contribution is -0.0601. The summed E-state index contributed by atoms with van der Waals surface area (Å²) in [5.74, 6) is -0.224. The van der Waals surface area contributed by atoms with Crippen LogP contribution < -0.4 is 0 Å². The second-order valence-electron chi connectivity index (χ2n) is 8.36. The highest BCUT2D eigenvalue weighted by Gasteiger charge is 2.47. The zero-order valence-electron chi connectivity index (χ0n) is 15.1. The minimum absolute atomic E-state index is 0.197. The van der Waals surface area contributed by atoms with Gasteiger partial charge < -0.3 is 9.64 Å². The van der Waals surface area contributed by atoms with Crippen LogP contribution in [0, 0.1) is 11.2 Å². The zero-order chi connectivity index (χ0) is 18.2. The predicted octanol–water partition coefficient (Wildman–Crippen LogP) is 4.42. The van der Waals surface area contributed by atoms with Crippen LogP contribution in [0.25, 0.3) is 0 Å². The molecule has 0 radical (unpaired) electrons. The van der Waals surface area contributed by atoms with E-state index in [2.05, 4.69) is 20.8 Å². The van der Waals surface area contributed by atoms with E-state index in [-0.39, 0.29) is 17.3 Å². The van der Waals surface area contributed by atoms with Crippen molar-refractivity contribution in [3.8, 4) is 0 Å². The number of amides is 1. The van der Waals surface area contributed by atoms with E-state index >= 15 is 0 Å². The third kappa shape index (κ3) is 4.53. The van der Waals surface area contributed by atoms with Gasteiger partial charge in [-0.05, 0) is 80.3 Å². The van der Waals surface area contributed by atoms with Gasteiger partial charge in [-0.15, -0.1) is 0 Å². The third-order valence-corrected chi connectivity index (χ3v) is 5.62. The number of ether oxygens (including phenoxy) is 1. The molecule has 1 aromatic rings. The Labute approximate surface area is 157 Å². The molecule has 1 aromatic carbocycles. The van der Waals surface area contributed by atoms with Gasteiger partial charge in [0, 0.05) is 25.0 Å². The van der Waals surface area contributed by atoms with E-state index in [1.165, 1.54) is 6.07 Å². The average Bonchev–Trinajstić information content (AvgIpc) is 2.48. The number of carbonyl (C=O) groups excluding carboxylic acids is 1. The maximum atomic E-state index is 13.3. The first-order chi connectivity index (χ1) is 11.7. The van der Waals surface area contributed by atoms with Gasteiger partial charge in [0.25, 0.3) is 0 Å². The molecule has 2 fully saturated rings. The molecular weight excluding hydrogens is 387 g/mol. The third-order valence-electron chi connectivity index (χ3n) is 5.01. The maximum absolute atomic E-state index is 13.3. The summed E-state index contributed by atoms with van der Waals surface area (Å²) in [6.45, 7) is 10.2. The van der Waals surface area contributed by atoms with Gasteiger partial charge in [0.15, 0.2) is 0 Å². The first-order valence-electron chi connectivity index (χ1n) is 8.80. The van der Waals surface area contributed by atoms with Gasteiger partial charge >= 0.3 is 6.09 Å². The van der Waals surface area contributed by atoms with E-state index in [1.807, 2.05) is 37.8 Å². The summed E-state index contributed by atoms with van der Waals surface area (Å²) in [5.41, 5.74) is 0.942. The topological polar surface area (TPSA) is 32.8 Å². The molecule has 0 N–H and O–H groups in total. The van der Waals surface area contributed by atoms with Crippen molar-refractivity contribution >= 4 is 22.0 Å². The Morgan fingerprint density at radius 3 is 2.48 bits per heavy atom. The van der Waals surface area contributed by atoms with Crippen LogP contribution in [0.4, 0.5) is 9.18 Å². The van der Waals surface area contributed by atoms with Crippen LogP contribution in [0.15, 0.2) is 22.7 Å². The summed E-state index contributed by atoms with van der Waals surface area (Å²) in [7, 11) is 0. The van der Waals surface area contributed by atoms with Crippen molar-refractivity contribution in [1.82, 2.24) is 9.80 Å². The maximum Gasteiger partial charge on any atom is 0.410 e. The molecule has 0 unspecified atom stereocenters. The molecule has 0 aromatic heterocycles. The van der Waals surface area contributed by atoms with Crippen molar-refractivity contribution < 1.29 is 13.9 Å². The first-order valence-corrected chi connectivity index (χ1v) is 9.59. The number of benzene rings is 1. The second-order valence-corrected chi connectivity index (χ2v) is 9.22. The number of hydrogen-bond acceptors (Lipinski definition) is 3. The summed E-state index contributed by atoms with van der Waals surface area (Å²) < 4.78 is 19.3. The number of halogens is 2. The van der Waals surface area contributed by atoms with Gasteiger partial charge in [0.05, 0.1) is 4.47 Å². The Morgan fingerprint density at radius 1 is 1.28 bits per heavy atom. The van der Waals surface area contributed by atoms with E-state index < -0.39 is 5.60 Å². The van der Waals surface area contributed by atoms with Gasteiger partial charge in [0.2, 0.25) is 0 Å². The molecule has 25 heavy (non-hydrogen) atoms. The Balaban J connectivity index is 1.47. The number of hydrogen-bond donors (Lipinski definition) is 0. The minimum atomic E-state index is -0.438. The Hall–Kier alpha value is -1.14. The van der Waals surface area contributed by atoms with Crippen molar-refractivity contribution in [3.05, 3.63) is 34.1 Å². The molecular formula is C19H26BrFN2O2. The van der Waals surface area contributed by atoms with Gasteiger partial charge in [-0.1, -0.05) is 6.07 Å². The Kier molecular flexibility index (Phi) is 5.13. The summed E-state index contributed by atoms with van der Waals surface area (Å²) in [5, 5.41) is 0.